The van der Waals surface area contributed by atoms with Gasteiger partial charge >= 0.3 is 5.63 Å². The van der Waals surface area contributed by atoms with Gasteiger partial charge in [0.15, 0.2) is 0 Å². The number of methoxy groups -OCH3 is 1. The van der Waals surface area contributed by atoms with Crippen molar-refractivity contribution >= 4 is 11.0 Å². The molecule has 7 nitrogen and oxygen atoms in total. The third-order valence-electron chi connectivity index (χ3n) is 5.63. The predicted molar refractivity (Wildman–Crippen MR) is 119 cm³/mol. The van der Waals surface area contributed by atoms with Crippen LogP contribution in [0.25, 0.3) is 22.2 Å². The first-order valence-electron chi connectivity index (χ1n) is 10.3. The summed E-state index contributed by atoms with van der Waals surface area (Å²) >= 11 is 0. The Kier molecular flexibility index (Phi) is 4.81. The number of aromatic nitrogens is 2. The Labute approximate surface area is 184 Å². The summed E-state index contributed by atoms with van der Waals surface area (Å²) in [5.41, 5.74) is 2.13. The van der Waals surface area contributed by atoms with Crippen molar-refractivity contribution in [1.82, 2.24) is 9.97 Å². The summed E-state index contributed by atoms with van der Waals surface area (Å²) in [6.07, 6.45) is 1.83. The first kappa shape index (κ1) is 20.1. The fraction of sp³-hybridized carbons (Fsp3) is 0.240. The number of fused-ring (bicyclic) bond motifs is 2. The van der Waals surface area contributed by atoms with Crippen LogP contribution in [0, 0.1) is 0 Å². The predicted octanol–water partition coefficient (Wildman–Crippen LogP) is 4.42. The third kappa shape index (κ3) is 3.77. The molecule has 1 atom stereocenters. The molecule has 0 radical (unpaired) electrons. The van der Waals surface area contributed by atoms with Gasteiger partial charge in [-0.3, -0.25) is 0 Å². The van der Waals surface area contributed by atoms with Crippen molar-refractivity contribution in [3.63, 3.8) is 0 Å². The topological polar surface area (TPSA) is 83.7 Å². The van der Waals surface area contributed by atoms with Crippen LogP contribution in [0.3, 0.4) is 0 Å². The van der Waals surface area contributed by atoms with Crippen molar-refractivity contribution in [3.05, 3.63) is 76.9 Å². The van der Waals surface area contributed by atoms with Crippen LogP contribution in [-0.4, -0.2) is 28.8 Å². The van der Waals surface area contributed by atoms with Crippen LogP contribution >= 0.6 is 0 Å². The maximum absolute atomic E-state index is 11.6. The van der Waals surface area contributed by atoms with Crippen molar-refractivity contribution in [2.75, 3.05) is 7.11 Å². The summed E-state index contributed by atoms with van der Waals surface area (Å²) in [4.78, 5) is 20.2. The SMILES string of the molecule is COc1cccc(-c2cc(OC3Cc4cc5ccc(=O)oc5cc4OC3(C)C)ncn2)c1. The van der Waals surface area contributed by atoms with Gasteiger partial charge < -0.3 is 18.6 Å². The molecule has 0 N–H and O–H groups in total. The first-order chi connectivity index (χ1) is 15.4. The molecule has 0 bridgehead atoms. The van der Waals surface area contributed by atoms with E-state index in [0.717, 1.165) is 28.0 Å². The second-order valence-corrected chi connectivity index (χ2v) is 8.24. The Morgan fingerprint density at radius 2 is 1.94 bits per heavy atom. The monoisotopic (exact) mass is 430 g/mol. The molecule has 2 aromatic heterocycles. The molecule has 0 saturated heterocycles. The minimum absolute atomic E-state index is 0.281. The van der Waals surface area contributed by atoms with Gasteiger partial charge in [-0.05, 0) is 43.7 Å². The van der Waals surface area contributed by atoms with E-state index in [0.29, 0.717) is 23.6 Å². The van der Waals surface area contributed by atoms with Crippen LogP contribution in [-0.2, 0) is 6.42 Å². The molecule has 1 unspecified atom stereocenters. The lowest BCUT2D eigenvalue weighted by molar-refractivity contribution is -0.0287. The quantitative estimate of drug-likeness (QED) is 0.443. The lowest BCUT2D eigenvalue weighted by Crippen LogP contribution is -2.49. The highest BCUT2D eigenvalue weighted by Gasteiger charge is 2.39. The number of benzene rings is 2. The lowest BCUT2D eigenvalue weighted by Gasteiger charge is -2.39. The van der Waals surface area contributed by atoms with E-state index in [1.807, 2.05) is 50.2 Å². The molecule has 0 fully saturated rings. The Bertz CT molecular complexity index is 1360. The summed E-state index contributed by atoms with van der Waals surface area (Å²) in [5.74, 6) is 1.91. The van der Waals surface area contributed by atoms with Crippen LogP contribution in [0.4, 0.5) is 0 Å². The minimum Gasteiger partial charge on any atom is -0.497 e. The van der Waals surface area contributed by atoms with Gasteiger partial charge in [0.1, 0.15) is 35.1 Å². The van der Waals surface area contributed by atoms with Gasteiger partial charge in [0, 0.05) is 35.6 Å². The van der Waals surface area contributed by atoms with Gasteiger partial charge in [-0.1, -0.05) is 12.1 Å². The zero-order chi connectivity index (χ0) is 22.3. The van der Waals surface area contributed by atoms with E-state index < -0.39 is 5.60 Å². The zero-order valence-corrected chi connectivity index (χ0v) is 18.0. The van der Waals surface area contributed by atoms with Crippen molar-refractivity contribution in [2.24, 2.45) is 0 Å². The Balaban J connectivity index is 1.44. The fourth-order valence-corrected chi connectivity index (χ4v) is 3.87. The second kappa shape index (κ2) is 7.67. The van der Waals surface area contributed by atoms with Crippen molar-refractivity contribution in [2.45, 2.75) is 32.0 Å². The third-order valence-corrected chi connectivity index (χ3v) is 5.63. The molecule has 3 heterocycles. The molecule has 1 aliphatic heterocycles. The van der Waals surface area contributed by atoms with Gasteiger partial charge in [0.05, 0.1) is 12.8 Å². The summed E-state index contributed by atoms with van der Waals surface area (Å²) in [7, 11) is 1.63. The van der Waals surface area contributed by atoms with Crippen LogP contribution in [0.15, 0.2) is 70.1 Å². The molecule has 0 aliphatic carbocycles. The highest BCUT2D eigenvalue weighted by molar-refractivity contribution is 5.79. The average molecular weight is 430 g/mol. The number of nitrogens with zero attached hydrogens (tertiary/aromatic N) is 2. The van der Waals surface area contributed by atoms with Gasteiger partial charge in [-0.25, -0.2) is 14.8 Å². The van der Waals surface area contributed by atoms with Crippen LogP contribution < -0.4 is 19.8 Å². The standard InChI is InChI=1S/C25H22N2O5/c1-25(2)22(11-17-9-16-7-8-24(28)30-20(16)13-21(17)32-25)31-23-12-19(26-14-27-23)15-5-4-6-18(10-15)29-3/h4-10,12-14,22H,11H2,1-3H3. The minimum atomic E-state index is -0.628. The van der Waals surface area contributed by atoms with Crippen LogP contribution in [0.5, 0.6) is 17.4 Å². The molecule has 5 rings (SSSR count). The summed E-state index contributed by atoms with van der Waals surface area (Å²) in [6.45, 7) is 3.94. The highest BCUT2D eigenvalue weighted by Crippen LogP contribution is 2.37. The Morgan fingerprint density at radius 3 is 2.78 bits per heavy atom. The van der Waals surface area contributed by atoms with Crippen molar-refractivity contribution in [1.29, 1.82) is 0 Å². The summed E-state index contributed by atoms with van der Waals surface area (Å²) < 4.78 is 23.2. The Morgan fingerprint density at radius 1 is 1.06 bits per heavy atom. The molecule has 7 heteroatoms. The largest absolute Gasteiger partial charge is 0.497 e. The lowest BCUT2D eigenvalue weighted by atomic mass is 9.90. The first-order valence-corrected chi connectivity index (χ1v) is 10.3. The van der Waals surface area contributed by atoms with E-state index in [1.54, 1.807) is 19.2 Å². The molecule has 0 spiro atoms. The molecule has 0 saturated carbocycles. The summed E-state index contributed by atoms with van der Waals surface area (Å²) in [5, 5.41) is 0.841. The van der Waals surface area contributed by atoms with E-state index in [1.165, 1.54) is 12.4 Å². The van der Waals surface area contributed by atoms with Crippen LogP contribution in [0.2, 0.25) is 0 Å². The van der Waals surface area contributed by atoms with Crippen molar-refractivity contribution in [3.8, 4) is 28.6 Å². The van der Waals surface area contributed by atoms with Gasteiger partial charge in [0.25, 0.3) is 0 Å². The smallest absolute Gasteiger partial charge is 0.336 e. The van der Waals surface area contributed by atoms with Gasteiger partial charge in [0.2, 0.25) is 5.88 Å². The highest BCUT2D eigenvalue weighted by atomic mass is 16.6. The molecular formula is C25H22N2O5. The molecule has 32 heavy (non-hydrogen) atoms. The Hall–Kier alpha value is -3.87. The van der Waals surface area contributed by atoms with E-state index in [9.17, 15) is 4.79 Å². The fourth-order valence-electron chi connectivity index (χ4n) is 3.87. The molecule has 162 valence electrons. The van der Waals surface area contributed by atoms with Gasteiger partial charge in [-0.2, -0.15) is 0 Å². The summed E-state index contributed by atoms with van der Waals surface area (Å²) in [6, 6.07) is 16.4. The van der Waals surface area contributed by atoms with Gasteiger partial charge in [-0.15, -0.1) is 0 Å². The molecule has 4 aromatic rings. The molecule has 2 aromatic carbocycles. The second-order valence-electron chi connectivity index (χ2n) is 8.24. The molecular weight excluding hydrogens is 408 g/mol. The number of rotatable bonds is 4. The number of hydrogen-bond acceptors (Lipinski definition) is 7. The van der Waals surface area contributed by atoms with E-state index in [2.05, 4.69) is 9.97 Å². The number of hydrogen-bond donors (Lipinski definition) is 0. The zero-order valence-electron chi connectivity index (χ0n) is 18.0. The van der Waals surface area contributed by atoms with E-state index in [4.69, 9.17) is 18.6 Å². The maximum Gasteiger partial charge on any atom is 0.336 e. The average Bonchev–Trinajstić information content (AvgIpc) is 2.78. The van der Waals surface area contributed by atoms with Crippen molar-refractivity contribution < 1.29 is 18.6 Å². The van der Waals surface area contributed by atoms with E-state index >= 15 is 0 Å². The van der Waals surface area contributed by atoms with Crippen LogP contribution in [0.1, 0.15) is 19.4 Å². The normalized spacial score (nSPS) is 16.8. The van der Waals surface area contributed by atoms with E-state index in [-0.39, 0.29) is 11.7 Å². The molecule has 0 amide bonds. The number of ether oxygens (including phenoxy) is 3. The molecule has 1 aliphatic rings. The maximum atomic E-state index is 11.6.